The lowest BCUT2D eigenvalue weighted by molar-refractivity contribution is 0.358. The lowest BCUT2D eigenvalue weighted by Gasteiger charge is -2.19. The van der Waals surface area contributed by atoms with Gasteiger partial charge in [-0.1, -0.05) is 56.0 Å². The number of benzene rings is 2. The van der Waals surface area contributed by atoms with Crippen LogP contribution in [-0.4, -0.2) is 13.2 Å². The molecule has 2 heteroatoms. The first-order valence-corrected chi connectivity index (χ1v) is 7.26. The van der Waals surface area contributed by atoms with Gasteiger partial charge >= 0.3 is 0 Å². The number of hydrogen-bond acceptors (Lipinski definition) is 2. The quantitative estimate of drug-likeness (QED) is 0.749. The molecule has 20 heavy (non-hydrogen) atoms. The molecule has 0 aliphatic heterocycles. The smallest absolute Gasteiger partial charge is 0.132 e. The summed E-state index contributed by atoms with van der Waals surface area (Å²) in [5.74, 6) is 0.971. The zero-order valence-electron chi connectivity index (χ0n) is 12.4. The standard InChI is InChI=1S/C18H23NO/c1-4-12-19-14(3)16-11-10-15-8-6-7-9-17(15)18(16)20-13-5-2/h5-11,14,19H,2,4,12-13H2,1,3H3. The maximum Gasteiger partial charge on any atom is 0.132 e. The van der Waals surface area contributed by atoms with Crippen molar-refractivity contribution in [1.29, 1.82) is 0 Å². The van der Waals surface area contributed by atoms with Gasteiger partial charge in [-0.05, 0) is 25.3 Å². The second kappa shape index (κ2) is 7.11. The van der Waals surface area contributed by atoms with Crippen molar-refractivity contribution in [3.8, 4) is 5.75 Å². The minimum Gasteiger partial charge on any atom is -0.489 e. The van der Waals surface area contributed by atoms with Crippen molar-refractivity contribution in [1.82, 2.24) is 5.32 Å². The molecule has 0 aliphatic rings. The molecule has 2 nitrogen and oxygen atoms in total. The van der Waals surface area contributed by atoms with Crippen molar-refractivity contribution in [2.24, 2.45) is 0 Å². The summed E-state index contributed by atoms with van der Waals surface area (Å²) in [6.45, 7) is 9.63. The van der Waals surface area contributed by atoms with Gasteiger partial charge in [0.1, 0.15) is 12.4 Å². The molecule has 1 atom stereocenters. The van der Waals surface area contributed by atoms with Crippen LogP contribution in [0.4, 0.5) is 0 Å². The monoisotopic (exact) mass is 269 g/mol. The Hall–Kier alpha value is -1.80. The number of hydrogen-bond donors (Lipinski definition) is 1. The predicted molar refractivity (Wildman–Crippen MR) is 86.3 cm³/mol. The van der Waals surface area contributed by atoms with Crippen LogP contribution in [0.1, 0.15) is 31.9 Å². The second-order valence-corrected chi connectivity index (χ2v) is 4.98. The molecule has 106 valence electrons. The minimum atomic E-state index is 0.277. The summed E-state index contributed by atoms with van der Waals surface area (Å²) >= 11 is 0. The maximum atomic E-state index is 5.94. The summed E-state index contributed by atoms with van der Waals surface area (Å²) in [4.78, 5) is 0. The number of rotatable bonds is 7. The van der Waals surface area contributed by atoms with Crippen LogP contribution in [0.5, 0.6) is 5.75 Å². The van der Waals surface area contributed by atoms with Crippen LogP contribution < -0.4 is 10.1 Å². The Kier molecular flexibility index (Phi) is 5.19. The van der Waals surface area contributed by atoms with Gasteiger partial charge in [-0.15, -0.1) is 0 Å². The molecule has 2 aromatic rings. The molecule has 0 aromatic heterocycles. The summed E-state index contributed by atoms with van der Waals surface area (Å²) in [5, 5.41) is 5.89. The molecule has 0 fully saturated rings. The van der Waals surface area contributed by atoms with E-state index >= 15 is 0 Å². The van der Waals surface area contributed by atoms with Crippen LogP contribution in [0.3, 0.4) is 0 Å². The largest absolute Gasteiger partial charge is 0.489 e. The van der Waals surface area contributed by atoms with E-state index in [4.69, 9.17) is 4.74 Å². The van der Waals surface area contributed by atoms with E-state index in [2.05, 4.69) is 62.1 Å². The van der Waals surface area contributed by atoms with Crippen molar-refractivity contribution >= 4 is 10.8 Å². The number of nitrogens with one attached hydrogen (secondary N) is 1. The number of fused-ring (bicyclic) bond motifs is 1. The highest BCUT2D eigenvalue weighted by Gasteiger charge is 2.14. The maximum absolute atomic E-state index is 5.94. The van der Waals surface area contributed by atoms with Crippen molar-refractivity contribution in [2.75, 3.05) is 13.2 Å². The highest BCUT2D eigenvalue weighted by atomic mass is 16.5. The highest BCUT2D eigenvalue weighted by Crippen LogP contribution is 2.33. The molecule has 1 unspecified atom stereocenters. The van der Waals surface area contributed by atoms with E-state index in [0.717, 1.165) is 24.1 Å². The average Bonchev–Trinajstić information content (AvgIpc) is 2.50. The predicted octanol–water partition coefficient (Wildman–Crippen LogP) is 4.47. The van der Waals surface area contributed by atoms with Crippen LogP contribution in [0.2, 0.25) is 0 Å². The molecular formula is C18H23NO. The average molecular weight is 269 g/mol. The molecule has 1 N–H and O–H groups in total. The Morgan fingerprint density at radius 2 is 2.05 bits per heavy atom. The molecular weight excluding hydrogens is 246 g/mol. The van der Waals surface area contributed by atoms with Crippen LogP contribution in [0.15, 0.2) is 49.1 Å². The first kappa shape index (κ1) is 14.6. The zero-order chi connectivity index (χ0) is 14.4. The molecule has 0 amide bonds. The highest BCUT2D eigenvalue weighted by molar-refractivity contribution is 5.89. The Bertz CT molecular complexity index is 577. The van der Waals surface area contributed by atoms with Gasteiger partial charge in [0, 0.05) is 17.0 Å². The molecule has 2 rings (SSSR count). The Labute approximate surface area is 121 Å². The first-order chi connectivity index (χ1) is 9.77. The minimum absolute atomic E-state index is 0.277. The van der Waals surface area contributed by atoms with Gasteiger partial charge in [-0.25, -0.2) is 0 Å². The van der Waals surface area contributed by atoms with E-state index in [9.17, 15) is 0 Å². The van der Waals surface area contributed by atoms with Gasteiger partial charge in [0.25, 0.3) is 0 Å². The van der Waals surface area contributed by atoms with E-state index in [1.165, 1.54) is 10.9 Å². The summed E-state index contributed by atoms with van der Waals surface area (Å²) < 4.78 is 5.94. The Morgan fingerprint density at radius 1 is 1.25 bits per heavy atom. The zero-order valence-corrected chi connectivity index (χ0v) is 12.4. The van der Waals surface area contributed by atoms with Gasteiger partial charge < -0.3 is 10.1 Å². The summed E-state index contributed by atoms with van der Waals surface area (Å²) in [6.07, 6.45) is 2.91. The fraction of sp³-hybridized carbons (Fsp3) is 0.333. The molecule has 0 saturated carbocycles. The number of ether oxygens (including phenoxy) is 1. The Morgan fingerprint density at radius 3 is 2.80 bits per heavy atom. The SMILES string of the molecule is C=CCOc1c(C(C)NCCC)ccc2ccccc12. The van der Waals surface area contributed by atoms with Crippen molar-refractivity contribution in [3.63, 3.8) is 0 Å². The lowest BCUT2D eigenvalue weighted by Crippen LogP contribution is -2.20. The lowest BCUT2D eigenvalue weighted by atomic mass is 10.0. The Balaban J connectivity index is 2.43. The fourth-order valence-corrected chi connectivity index (χ4v) is 2.37. The van der Waals surface area contributed by atoms with Gasteiger partial charge in [-0.2, -0.15) is 0 Å². The third-order valence-corrected chi connectivity index (χ3v) is 3.42. The summed E-state index contributed by atoms with van der Waals surface area (Å²) in [5.41, 5.74) is 1.21. The van der Waals surface area contributed by atoms with Crippen LogP contribution in [-0.2, 0) is 0 Å². The van der Waals surface area contributed by atoms with E-state index in [-0.39, 0.29) is 6.04 Å². The van der Waals surface area contributed by atoms with Crippen LogP contribution >= 0.6 is 0 Å². The van der Waals surface area contributed by atoms with Crippen LogP contribution in [0.25, 0.3) is 10.8 Å². The van der Waals surface area contributed by atoms with Gasteiger partial charge in [0.05, 0.1) is 0 Å². The molecule has 2 aromatic carbocycles. The van der Waals surface area contributed by atoms with Crippen LogP contribution in [0, 0.1) is 0 Å². The second-order valence-electron chi connectivity index (χ2n) is 4.98. The molecule has 0 spiro atoms. The van der Waals surface area contributed by atoms with E-state index in [0.29, 0.717) is 6.61 Å². The molecule has 0 heterocycles. The van der Waals surface area contributed by atoms with E-state index in [1.807, 2.05) is 0 Å². The molecule has 0 radical (unpaired) electrons. The normalized spacial score (nSPS) is 12.3. The van der Waals surface area contributed by atoms with Gasteiger partial charge in [-0.3, -0.25) is 0 Å². The van der Waals surface area contributed by atoms with Crippen molar-refractivity contribution in [3.05, 3.63) is 54.6 Å². The fourth-order valence-electron chi connectivity index (χ4n) is 2.37. The van der Waals surface area contributed by atoms with Gasteiger partial charge in [0.15, 0.2) is 0 Å². The van der Waals surface area contributed by atoms with Gasteiger partial charge in [0.2, 0.25) is 0 Å². The molecule has 0 aliphatic carbocycles. The van der Waals surface area contributed by atoms with E-state index in [1.54, 1.807) is 6.08 Å². The van der Waals surface area contributed by atoms with Crippen molar-refractivity contribution < 1.29 is 4.74 Å². The summed E-state index contributed by atoms with van der Waals surface area (Å²) in [7, 11) is 0. The van der Waals surface area contributed by atoms with E-state index < -0.39 is 0 Å². The topological polar surface area (TPSA) is 21.3 Å². The third-order valence-electron chi connectivity index (χ3n) is 3.42. The first-order valence-electron chi connectivity index (χ1n) is 7.26. The summed E-state index contributed by atoms with van der Waals surface area (Å²) in [6, 6.07) is 12.9. The third kappa shape index (κ3) is 3.20. The van der Waals surface area contributed by atoms with Crippen molar-refractivity contribution in [2.45, 2.75) is 26.3 Å². The molecule has 0 bridgehead atoms. The molecule has 0 saturated heterocycles.